The zero-order valence-corrected chi connectivity index (χ0v) is 17.3. The summed E-state index contributed by atoms with van der Waals surface area (Å²) in [7, 11) is 0. The molecule has 2 heterocycles. The number of aryl methyl sites for hydroxylation is 2. The van der Waals surface area contributed by atoms with E-state index in [1.165, 1.54) is 5.56 Å². The average molecular weight is 453 g/mol. The van der Waals surface area contributed by atoms with Gasteiger partial charge >= 0.3 is 0 Å². The van der Waals surface area contributed by atoms with Crippen molar-refractivity contribution in [1.29, 1.82) is 0 Å². The number of anilines is 1. The Morgan fingerprint density at radius 3 is 2.71 bits per heavy atom. The maximum Gasteiger partial charge on any atom is 0.262 e. The van der Waals surface area contributed by atoms with Gasteiger partial charge in [-0.2, -0.15) is 5.10 Å². The molecule has 0 fully saturated rings. The van der Waals surface area contributed by atoms with E-state index in [-0.39, 0.29) is 10.4 Å². The molecule has 0 aliphatic heterocycles. The van der Waals surface area contributed by atoms with Gasteiger partial charge in [-0.1, -0.05) is 60.4 Å². The van der Waals surface area contributed by atoms with Gasteiger partial charge in [-0.15, -0.1) is 0 Å². The van der Waals surface area contributed by atoms with Gasteiger partial charge in [-0.25, -0.2) is 9.50 Å². The highest BCUT2D eigenvalue weighted by molar-refractivity contribution is 9.12. The predicted octanol–water partition coefficient (Wildman–Crippen LogP) is 5.09. The summed E-state index contributed by atoms with van der Waals surface area (Å²) in [5, 5.41) is 8.51. The molecule has 0 bridgehead atoms. The minimum absolute atomic E-state index is 0.271. The van der Waals surface area contributed by atoms with Gasteiger partial charge in [0, 0.05) is 17.7 Å². The van der Waals surface area contributed by atoms with Crippen molar-refractivity contribution in [2.24, 2.45) is 0 Å². The van der Waals surface area contributed by atoms with E-state index in [1.54, 1.807) is 11.3 Å². The number of aromatic nitrogens is 3. The van der Waals surface area contributed by atoms with Gasteiger partial charge in [0.1, 0.15) is 5.01 Å². The largest absolute Gasteiger partial charge is 0.322 e. The number of hydrogen-bond donors (Lipinski definition) is 1. The summed E-state index contributed by atoms with van der Waals surface area (Å²) in [5.74, 6) is -0.271. The van der Waals surface area contributed by atoms with Crippen LogP contribution >= 0.6 is 27.3 Å². The third-order valence-corrected chi connectivity index (χ3v) is 5.56. The first-order chi connectivity index (χ1) is 13.6. The lowest BCUT2D eigenvalue weighted by Crippen LogP contribution is -2.10. The summed E-state index contributed by atoms with van der Waals surface area (Å²) in [4.78, 5) is 17.3. The van der Waals surface area contributed by atoms with Crippen LogP contribution < -0.4 is 5.32 Å². The Balaban J connectivity index is 1.50. The molecule has 1 N–H and O–H groups in total. The summed E-state index contributed by atoms with van der Waals surface area (Å²) >= 11 is 4.69. The first kappa shape index (κ1) is 18.6. The van der Waals surface area contributed by atoms with Gasteiger partial charge in [0.25, 0.3) is 5.91 Å². The molecule has 140 valence electrons. The number of nitrogens with one attached hydrogen (secondary N) is 1. The number of carbonyl (C=O) groups excluding carboxylic acids is 1. The van der Waals surface area contributed by atoms with Crippen molar-refractivity contribution in [3.63, 3.8) is 0 Å². The van der Waals surface area contributed by atoms with Gasteiger partial charge in [-0.3, -0.25) is 4.79 Å². The number of benzene rings is 2. The van der Waals surface area contributed by atoms with Gasteiger partial charge in [0.05, 0.1) is 16.4 Å². The first-order valence-electron chi connectivity index (χ1n) is 8.74. The molecule has 1 amide bonds. The van der Waals surface area contributed by atoms with Crippen molar-refractivity contribution in [1.82, 2.24) is 14.6 Å². The molecule has 28 heavy (non-hydrogen) atoms. The van der Waals surface area contributed by atoms with Crippen LogP contribution in [0.1, 0.15) is 10.6 Å². The van der Waals surface area contributed by atoms with Crippen molar-refractivity contribution in [2.75, 3.05) is 5.32 Å². The standard InChI is InChI=1S/C21H17BrN4OS/c1-14(22)20(27)23-17-9-5-8-16(12-17)18-13-26-21(24-18)28-19(25-26)11-10-15-6-3-2-4-7-15/h2-9,12-13H,1,10-11H2,(H,23,27). The topological polar surface area (TPSA) is 59.3 Å². The van der Waals surface area contributed by atoms with Gasteiger partial charge in [0.15, 0.2) is 0 Å². The second-order valence-corrected chi connectivity index (χ2v) is 8.27. The van der Waals surface area contributed by atoms with Crippen LogP contribution in [-0.2, 0) is 17.6 Å². The van der Waals surface area contributed by atoms with E-state index in [1.807, 2.05) is 41.0 Å². The van der Waals surface area contributed by atoms with E-state index in [0.717, 1.165) is 34.1 Å². The number of imidazole rings is 1. The molecule has 0 saturated carbocycles. The second kappa shape index (κ2) is 8.08. The lowest BCUT2D eigenvalue weighted by atomic mass is 10.1. The Morgan fingerprint density at radius 2 is 1.96 bits per heavy atom. The van der Waals surface area contributed by atoms with E-state index in [9.17, 15) is 4.79 Å². The molecule has 0 saturated heterocycles. The molecule has 0 spiro atoms. The molecule has 0 aliphatic rings. The molecule has 4 rings (SSSR count). The van der Waals surface area contributed by atoms with Crippen LogP contribution in [0.5, 0.6) is 0 Å². The number of fused-ring (bicyclic) bond motifs is 1. The molecule has 0 radical (unpaired) electrons. The Hall–Kier alpha value is -2.77. The molecule has 2 aromatic heterocycles. The highest BCUT2D eigenvalue weighted by Gasteiger charge is 2.11. The van der Waals surface area contributed by atoms with Crippen LogP contribution in [0.15, 0.2) is 71.9 Å². The van der Waals surface area contributed by atoms with E-state index in [0.29, 0.717) is 5.69 Å². The highest BCUT2D eigenvalue weighted by atomic mass is 79.9. The fraction of sp³-hybridized carbons (Fsp3) is 0.0952. The minimum Gasteiger partial charge on any atom is -0.322 e. The number of carbonyl (C=O) groups is 1. The number of halogens is 1. The molecular formula is C21H17BrN4OS. The second-order valence-electron chi connectivity index (χ2n) is 6.27. The molecule has 0 aliphatic carbocycles. The Kier molecular flexibility index (Phi) is 5.36. The zero-order valence-electron chi connectivity index (χ0n) is 14.9. The number of amides is 1. The van der Waals surface area contributed by atoms with Crippen LogP contribution in [0.3, 0.4) is 0 Å². The van der Waals surface area contributed by atoms with Crippen LogP contribution in [0, 0.1) is 0 Å². The lowest BCUT2D eigenvalue weighted by molar-refractivity contribution is -0.112. The summed E-state index contributed by atoms with van der Waals surface area (Å²) in [6.07, 6.45) is 3.78. The summed E-state index contributed by atoms with van der Waals surface area (Å²) < 4.78 is 2.11. The minimum atomic E-state index is -0.271. The normalized spacial score (nSPS) is 10.9. The SMILES string of the molecule is C=C(Br)C(=O)Nc1cccc(-c2cn3nc(CCc4ccccc4)sc3n2)c1. The quantitative estimate of drug-likeness (QED) is 0.414. The van der Waals surface area contributed by atoms with Crippen molar-refractivity contribution in [2.45, 2.75) is 12.8 Å². The number of hydrogen-bond acceptors (Lipinski definition) is 4. The summed E-state index contributed by atoms with van der Waals surface area (Å²) in [6.45, 7) is 3.58. The fourth-order valence-corrected chi connectivity index (χ4v) is 3.81. The van der Waals surface area contributed by atoms with E-state index < -0.39 is 0 Å². The maximum atomic E-state index is 11.8. The number of nitrogens with zero attached hydrogens (tertiary/aromatic N) is 3. The monoisotopic (exact) mass is 452 g/mol. The van der Waals surface area contributed by atoms with Gasteiger partial charge in [0.2, 0.25) is 4.96 Å². The molecule has 2 aromatic carbocycles. The summed E-state index contributed by atoms with van der Waals surface area (Å²) in [6, 6.07) is 18.0. The van der Waals surface area contributed by atoms with Crippen molar-refractivity contribution in [3.05, 3.63) is 82.4 Å². The molecule has 4 aromatic rings. The Labute approximate surface area is 174 Å². The van der Waals surface area contributed by atoms with Crippen molar-refractivity contribution < 1.29 is 4.79 Å². The van der Waals surface area contributed by atoms with E-state index in [4.69, 9.17) is 4.98 Å². The molecule has 5 nitrogen and oxygen atoms in total. The molecule has 0 unspecified atom stereocenters. The fourth-order valence-electron chi connectivity index (χ4n) is 2.83. The van der Waals surface area contributed by atoms with Crippen molar-refractivity contribution >= 4 is 43.8 Å². The smallest absolute Gasteiger partial charge is 0.262 e. The van der Waals surface area contributed by atoms with Crippen LogP contribution in [0.25, 0.3) is 16.2 Å². The first-order valence-corrected chi connectivity index (χ1v) is 10.3. The molecule has 7 heteroatoms. The predicted molar refractivity (Wildman–Crippen MR) is 117 cm³/mol. The molecule has 0 atom stereocenters. The van der Waals surface area contributed by atoms with E-state index in [2.05, 4.69) is 57.2 Å². The van der Waals surface area contributed by atoms with Crippen LogP contribution in [0.2, 0.25) is 0 Å². The lowest BCUT2D eigenvalue weighted by Gasteiger charge is -2.05. The average Bonchev–Trinajstić information content (AvgIpc) is 3.26. The maximum absolute atomic E-state index is 11.8. The van der Waals surface area contributed by atoms with Gasteiger partial charge < -0.3 is 5.32 Å². The van der Waals surface area contributed by atoms with Crippen LogP contribution in [-0.4, -0.2) is 20.5 Å². The Bertz CT molecular complexity index is 1120. The number of rotatable bonds is 6. The zero-order chi connectivity index (χ0) is 19.5. The molecular weight excluding hydrogens is 436 g/mol. The summed E-state index contributed by atoms with van der Waals surface area (Å²) in [5.41, 5.74) is 3.74. The highest BCUT2D eigenvalue weighted by Crippen LogP contribution is 2.25. The Morgan fingerprint density at radius 1 is 1.14 bits per heavy atom. The van der Waals surface area contributed by atoms with E-state index >= 15 is 0 Å². The van der Waals surface area contributed by atoms with Gasteiger partial charge in [-0.05, 0) is 40.0 Å². The third kappa shape index (κ3) is 4.21. The van der Waals surface area contributed by atoms with Crippen LogP contribution in [0.4, 0.5) is 5.69 Å². The third-order valence-electron chi connectivity index (χ3n) is 4.22. The van der Waals surface area contributed by atoms with Crippen molar-refractivity contribution in [3.8, 4) is 11.3 Å².